The second-order valence-corrected chi connectivity index (χ2v) is 7.51. The second kappa shape index (κ2) is 9.49. The first-order valence-corrected chi connectivity index (χ1v) is 9.29. The fourth-order valence-corrected chi connectivity index (χ4v) is 3.06. The third-order valence-corrected chi connectivity index (χ3v) is 4.90. The smallest absolute Gasteiger partial charge is 0.240 e. The van der Waals surface area contributed by atoms with Crippen LogP contribution in [0.1, 0.15) is 33.6 Å². The van der Waals surface area contributed by atoms with Crippen LogP contribution in [0.5, 0.6) is 11.5 Å². The number of ether oxygens (including phenoxy) is 2. The molecule has 0 heterocycles. The second-order valence-electron chi connectivity index (χ2n) is 5.74. The van der Waals surface area contributed by atoms with Crippen LogP contribution in [-0.4, -0.2) is 29.2 Å². The summed E-state index contributed by atoms with van der Waals surface area (Å²) < 4.78 is 37.5. The predicted octanol–water partition coefficient (Wildman–Crippen LogP) is 3.67. The van der Waals surface area contributed by atoms with Crippen molar-refractivity contribution in [3.63, 3.8) is 0 Å². The number of methoxy groups -OCH3 is 2. The maximum atomic E-state index is 12.3. The molecule has 0 saturated heterocycles. The van der Waals surface area contributed by atoms with Crippen molar-refractivity contribution in [1.29, 1.82) is 0 Å². The highest BCUT2D eigenvalue weighted by molar-refractivity contribution is 7.89. The van der Waals surface area contributed by atoms with E-state index in [-0.39, 0.29) is 11.4 Å². The van der Waals surface area contributed by atoms with Crippen molar-refractivity contribution in [2.45, 2.75) is 38.5 Å². The zero-order valence-electron chi connectivity index (χ0n) is 15.0. The van der Waals surface area contributed by atoms with Gasteiger partial charge in [0.15, 0.2) is 11.5 Å². The van der Waals surface area contributed by atoms with Crippen LogP contribution < -0.4 is 14.2 Å². The van der Waals surface area contributed by atoms with Gasteiger partial charge in [-0.05, 0) is 45.7 Å². The minimum absolute atomic E-state index is 0.149. The fourth-order valence-electron chi connectivity index (χ4n) is 2.08. The Balaban J connectivity index is 2.71. The first kappa shape index (κ1) is 20.3. The van der Waals surface area contributed by atoms with Gasteiger partial charge in [0.2, 0.25) is 10.0 Å². The minimum Gasteiger partial charge on any atom is -0.493 e. The average molecular weight is 353 g/mol. The molecule has 1 aromatic rings. The Morgan fingerprint density at radius 2 is 1.75 bits per heavy atom. The lowest BCUT2D eigenvalue weighted by Gasteiger charge is -2.10. The van der Waals surface area contributed by atoms with Crippen molar-refractivity contribution >= 4 is 10.0 Å². The average Bonchev–Trinajstić information content (AvgIpc) is 2.53. The molecule has 0 bridgehead atoms. The van der Waals surface area contributed by atoms with Crippen LogP contribution in [0.25, 0.3) is 0 Å². The Morgan fingerprint density at radius 1 is 1.08 bits per heavy atom. The molecule has 1 N–H and O–H groups in total. The molecule has 1 rings (SSSR count). The number of allylic oxidation sites excluding steroid dienone is 3. The number of sulfonamides is 1. The third-order valence-electron chi connectivity index (χ3n) is 3.48. The zero-order valence-corrected chi connectivity index (χ0v) is 15.9. The molecule has 1 aromatic carbocycles. The van der Waals surface area contributed by atoms with Gasteiger partial charge in [-0.15, -0.1) is 0 Å². The van der Waals surface area contributed by atoms with Gasteiger partial charge in [0.05, 0.1) is 19.1 Å². The maximum Gasteiger partial charge on any atom is 0.240 e. The molecule has 0 radical (unpaired) electrons. The highest BCUT2D eigenvalue weighted by Gasteiger charge is 2.16. The van der Waals surface area contributed by atoms with E-state index in [0.717, 1.165) is 18.4 Å². The normalized spacial score (nSPS) is 12.0. The van der Waals surface area contributed by atoms with Gasteiger partial charge >= 0.3 is 0 Å². The first-order valence-electron chi connectivity index (χ1n) is 7.81. The third kappa shape index (κ3) is 6.37. The molecule has 0 unspecified atom stereocenters. The summed E-state index contributed by atoms with van der Waals surface area (Å²) in [5.74, 6) is 0.875. The Kier molecular flexibility index (Phi) is 8.01. The SMILES string of the molecule is COc1ccc(S(=O)(=O)NC/C=C(\C)CCC=C(C)C)cc1OC. The zero-order chi connectivity index (χ0) is 18.2. The molecule has 0 aromatic heterocycles. The molecule has 24 heavy (non-hydrogen) atoms. The van der Waals surface area contributed by atoms with Crippen LogP contribution in [0.2, 0.25) is 0 Å². The topological polar surface area (TPSA) is 64.6 Å². The number of hydrogen-bond acceptors (Lipinski definition) is 4. The molecule has 0 saturated carbocycles. The van der Waals surface area contributed by atoms with Crippen molar-refractivity contribution in [1.82, 2.24) is 4.72 Å². The van der Waals surface area contributed by atoms with E-state index in [1.54, 1.807) is 6.07 Å². The van der Waals surface area contributed by atoms with E-state index in [1.807, 2.05) is 13.0 Å². The minimum atomic E-state index is -3.59. The van der Waals surface area contributed by atoms with Gasteiger partial charge in [-0.25, -0.2) is 13.1 Å². The molecule has 0 fully saturated rings. The van der Waals surface area contributed by atoms with Crippen molar-refractivity contribution in [3.05, 3.63) is 41.5 Å². The predicted molar refractivity (Wildman–Crippen MR) is 97.2 cm³/mol. The van der Waals surface area contributed by atoms with Gasteiger partial charge < -0.3 is 9.47 Å². The van der Waals surface area contributed by atoms with Crippen molar-refractivity contribution in [2.24, 2.45) is 0 Å². The van der Waals surface area contributed by atoms with Crippen LogP contribution in [0, 0.1) is 0 Å². The first-order chi connectivity index (χ1) is 11.3. The van der Waals surface area contributed by atoms with E-state index in [4.69, 9.17) is 9.47 Å². The van der Waals surface area contributed by atoms with Crippen molar-refractivity contribution < 1.29 is 17.9 Å². The van der Waals surface area contributed by atoms with E-state index in [1.165, 1.54) is 31.9 Å². The number of benzene rings is 1. The molecular formula is C18H27NO4S. The van der Waals surface area contributed by atoms with Gasteiger partial charge in [-0.3, -0.25) is 0 Å². The standard InChI is InChI=1S/C18H27NO4S/c1-14(2)7-6-8-15(3)11-12-19-24(20,21)16-9-10-17(22-4)18(13-16)23-5/h7,9-11,13,19H,6,8,12H2,1-5H3/b15-11+. The monoisotopic (exact) mass is 353 g/mol. The molecular weight excluding hydrogens is 326 g/mol. The van der Waals surface area contributed by atoms with Crippen LogP contribution in [0.4, 0.5) is 0 Å². The molecule has 5 nitrogen and oxygen atoms in total. The Morgan fingerprint density at radius 3 is 2.33 bits per heavy atom. The van der Waals surface area contributed by atoms with Gasteiger partial charge in [-0.1, -0.05) is 23.3 Å². The van der Waals surface area contributed by atoms with Crippen molar-refractivity contribution in [3.8, 4) is 11.5 Å². The summed E-state index contributed by atoms with van der Waals surface area (Å²) in [5, 5.41) is 0. The molecule has 134 valence electrons. The quantitative estimate of drug-likeness (QED) is 0.688. The maximum absolute atomic E-state index is 12.3. The number of rotatable bonds is 9. The molecule has 0 amide bonds. The molecule has 0 aliphatic heterocycles. The molecule has 0 aliphatic rings. The lowest BCUT2D eigenvalue weighted by molar-refractivity contribution is 0.354. The summed E-state index contributed by atoms with van der Waals surface area (Å²) in [6.07, 6.45) is 5.96. The van der Waals surface area contributed by atoms with Crippen LogP contribution >= 0.6 is 0 Å². The Hall–Kier alpha value is -1.79. The van der Waals surface area contributed by atoms with Gasteiger partial charge in [0.1, 0.15) is 0 Å². The van der Waals surface area contributed by atoms with E-state index in [0.29, 0.717) is 11.5 Å². The highest BCUT2D eigenvalue weighted by atomic mass is 32.2. The van der Waals surface area contributed by atoms with E-state index in [9.17, 15) is 8.42 Å². The lowest BCUT2D eigenvalue weighted by Crippen LogP contribution is -2.24. The van der Waals surface area contributed by atoms with Crippen LogP contribution in [0.15, 0.2) is 46.4 Å². The summed E-state index contributed by atoms with van der Waals surface area (Å²) in [4.78, 5) is 0.149. The number of nitrogens with one attached hydrogen (secondary N) is 1. The Bertz CT molecular complexity index is 702. The molecule has 6 heteroatoms. The van der Waals surface area contributed by atoms with Crippen LogP contribution in [0.3, 0.4) is 0 Å². The Labute approximate surface area is 145 Å². The van der Waals surface area contributed by atoms with Crippen LogP contribution in [-0.2, 0) is 10.0 Å². The molecule has 0 aliphatic carbocycles. The molecule has 0 atom stereocenters. The fraction of sp³-hybridized carbons (Fsp3) is 0.444. The number of hydrogen-bond donors (Lipinski definition) is 1. The summed E-state index contributed by atoms with van der Waals surface area (Å²) in [7, 11) is -0.610. The highest BCUT2D eigenvalue weighted by Crippen LogP contribution is 2.29. The lowest BCUT2D eigenvalue weighted by atomic mass is 10.1. The summed E-state index contributed by atoms with van der Waals surface area (Å²) in [5.41, 5.74) is 2.44. The van der Waals surface area contributed by atoms with Crippen molar-refractivity contribution in [2.75, 3.05) is 20.8 Å². The van der Waals surface area contributed by atoms with Gasteiger partial charge in [-0.2, -0.15) is 0 Å². The van der Waals surface area contributed by atoms with Gasteiger partial charge in [0.25, 0.3) is 0 Å². The van der Waals surface area contributed by atoms with E-state index < -0.39 is 10.0 Å². The largest absolute Gasteiger partial charge is 0.493 e. The molecule has 0 spiro atoms. The summed E-state index contributed by atoms with van der Waals surface area (Å²) in [6, 6.07) is 4.52. The van der Waals surface area contributed by atoms with E-state index >= 15 is 0 Å². The summed E-state index contributed by atoms with van der Waals surface area (Å²) >= 11 is 0. The summed E-state index contributed by atoms with van der Waals surface area (Å²) in [6.45, 7) is 6.40. The van der Waals surface area contributed by atoms with E-state index in [2.05, 4.69) is 24.6 Å². The van der Waals surface area contributed by atoms with Gasteiger partial charge in [0, 0.05) is 12.6 Å².